The van der Waals surface area contributed by atoms with Gasteiger partial charge in [-0.1, -0.05) is 42.0 Å². The molecular weight excluding hydrogens is 288 g/mol. The molecule has 2 aromatic carbocycles. The maximum atomic E-state index is 5.58. The predicted molar refractivity (Wildman–Crippen MR) is 97.5 cm³/mol. The molecule has 1 N–H and O–H groups in total. The number of likely N-dealkylation sites (tertiary alicyclic amines) is 1. The first-order valence-corrected chi connectivity index (χ1v) is 8.22. The molecule has 3 rings (SSSR count). The van der Waals surface area contributed by atoms with Crippen LogP contribution in [0, 0.1) is 13.8 Å². The molecule has 2 nitrogen and oxygen atoms in total. The van der Waals surface area contributed by atoms with Gasteiger partial charge in [-0.25, -0.2) is 0 Å². The highest BCUT2D eigenvalue weighted by atomic mass is 32.1. The van der Waals surface area contributed by atoms with Crippen LogP contribution in [-0.2, 0) is 0 Å². The van der Waals surface area contributed by atoms with Crippen molar-refractivity contribution in [1.82, 2.24) is 4.90 Å². The summed E-state index contributed by atoms with van der Waals surface area (Å²) >= 11 is 5.58. The highest BCUT2D eigenvalue weighted by Crippen LogP contribution is 2.27. The van der Waals surface area contributed by atoms with Gasteiger partial charge >= 0.3 is 0 Å². The Kier molecular flexibility index (Phi) is 4.44. The highest BCUT2D eigenvalue weighted by molar-refractivity contribution is 7.80. The molecule has 3 heteroatoms. The van der Waals surface area contributed by atoms with Crippen molar-refractivity contribution in [1.29, 1.82) is 0 Å². The third kappa shape index (κ3) is 3.47. The van der Waals surface area contributed by atoms with Gasteiger partial charge in [-0.3, -0.25) is 0 Å². The minimum atomic E-state index is 0.581. The van der Waals surface area contributed by atoms with Crippen LogP contribution in [0.4, 0.5) is 5.69 Å². The first kappa shape index (κ1) is 15.0. The fraction of sp³-hybridized carbons (Fsp3) is 0.316. The summed E-state index contributed by atoms with van der Waals surface area (Å²) in [5.41, 5.74) is 5.05. The number of nitrogens with zero attached hydrogens (tertiary/aromatic N) is 1. The van der Waals surface area contributed by atoms with Gasteiger partial charge in [0.15, 0.2) is 5.11 Å². The fourth-order valence-corrected chi connectivity index (χ4v) is 3.26. The van der Waals surface area contributed by atoms with Crippen molar-refractivity contribution in [3.05, 3.63) is 65.2 Å². The van der Waals surface area contributed by atoms with Gasteiger partial charge in [-0.05, 0) is 55.7 Å². The Morgan fingerprint density at radius 1 is 1.09 bits per heavy atom. The van der Waals surface area contributed by atoms with Gasteiger partial charge in [0.25, 0.3) is 0 Å². The molecular formula is C19H22N2S. The highest BCUT2D eigenvalue weighted by Gasteiger charge is 2.25. The van der Waals surface area contributed by atoms with Crippen molar-refractivity contribution in [3.63, 3.8) is 0 Å². The lowest BCUT2D eigenvalue weighted by atomic mass is 9.98. The molecule has 0 spiro atoms. The molecule has 1 atom stereocenters. The average molecular weight is 310 g/mol. The van der Waals surface area contributed by atoms with Crippen molar-refractivity contribution in [2.24, 2.45) is 0 Å². The number of hydrogen-bond donors (Lipinski definition) is 1. The molecule has 1 aliphatic rings. The lowest BCUT2D eigenvalue weighted by Gasteiger charge is -2.21. The monoisotopic (exact) mass is 310 g/mol. The van der Waals surface area contributed by atoms with Crippen molar-refractivity contribution < 1.29 is 0 Å². The zero-order chi connectivity index (χ0) is 15.5. The number of rotatable bonds is 2. The van der Waals surface area contributed by atoms with E-state index in [2.05, 4.69) is 72.6 Å². The van der Waals surface area contributed by atoms with Gasteiger partial charge in [0, 0.05) is 24.7 Å². The topological polar surface area (TPSA) is 15.3 Å². The van der Waals surface area contributed by atoms with Gasteiger partial charge in [0.1, 0.15) is 0 Å². The maximum absolute atomic E-state index is 5.58. The second-order valence-electron chi connectivity index (χ2n) is 6.14. The van der Waals surface area contributed by atoms with E-state index in [1.165, 1.54) is 23.1 Å². The van der Waals surface area contributed by atoms with E-state index in [1.54, 1.807) is 0 Å². The second kappa shape index (κ2) is 6.49. The van der Waals surface area contributed by atoms with Crippen LogP contribution >= 0.6 is 12.2 Å². The third-order valence-electron chi connectivity index (χ3n) is 4.29. The van der Waals surface area contributed by atoms with E-state index in [4.69, 9.17) is 12.2 Å². The van der Waals surface area contributed by atoms with Crippen molar-refractivity contribution >= 4 is 23.0 Å². The number of thiocarbonyl (C=S) groups is 1. The summed E-state index contributed by atoms with van der Waals surface area (Å²) in [7, 11) is 0. The number of aryl methyl sites for hydroxylation is 2. The molecule has 1 fully saturated rings. The predicted octanol–water partition coefficient (Wildman–Crippen LogP) is 4.49. The van der Waals surface area contributed by atoms with Crippen molar-refractivity contribution in [2.45, 2.75) is 26.2 Å². The summed E-state index contributed by atoms with van der Waals surface area (Å²) in [6, 6.07) is 17.2. The minimum Gasteiger partial charge on any atom is -0.348 e. The minimum absolute atomic E-state index is 0.581. The zero-order valence-electron chi connectivity index (χ0n) is 13.2. The molecule has 0 bridgehead atoms. The van der Waals surface area contributed by atoms with Gasteiger partial charge in [-0.2, -0.15) is 0 Å². The van der Waals surface area contributed by atoms with Crippen LogP contribution in [0.25, 0.3) is 0 Å². The van der Waals surface area contributed by atoms with E-state index in [-0.39, 0.29) is 0 Å². The van der Waals surface area contributed by atoms with Crippen molar-refractivity contribution in [2.75, 3.05) is 18.4 Å². The zero-order valence-corrected chi connectivity index (χ0v) is 14.0. The Morgan fingerprint density at radius 2 is 1.86 bits per heavy atom. The Morgan fingerprint density at radius 3 is 2.59 bits per heavy atom. The Bertz CT molecular complexity index is 663. The molecule has 0 aromatic heterocycles. The Balaban J connectivity index is 1.62. The fourth-order valence-electron chi connectivity index (χ4n) is 2.98. The van der Waals surface area contributed by atoms with Crippen LogP contribution in [0.3, 0.4) is 0 Å². The molecule has 1 heterocycles. The van der Waals surface area contributed by atoms with Gasteiger partial charge < -0.3 is 10.2 Å². The normalized spacial score (nSPS) is 17.5. The first-order chi connectivity index (χ1) is 10.6. The van der Waals surface area contributed by atoms with Crippen LogP contribution in [0.5, 0.6) is 0 Å². The van der Waals surface area contributed by atoms with Crippen molar-refractivity contribution in [3.8, 4) is 0 Å². The van der Waals surface area contributed by atoms with Crippen LogP contribution in [-0.4, -0.2) is 23.1 Å². The summed E-state index contributed by atoms with van der Waals surface area (Å²) in [6.07, 6.45) is 1.17. The number of nitrogens with one attached hydrogen (secondary N) is 1. The Labute approximate surface area is 138 Å². The molecule has 0 amide bonds. The van der Waals surface area contributed by atoms with E-state index >= 15 is 0 Å². The van der Waals surface area contributed by atoms with E-state index in [0.717, 1.165) is 23.9 Å². The smallest absolute Gasteiger partial charge is 0.173 e. The quantitative estimate of drug-likeness (QED) is 0.823. The molecule has 0 aliphatic carbocycles. The van der Waals surface area contributed by atoms with Crippen LogP contribution in [0.1, 0.15) is 29.0 Å². The number of hydrogen-bond acceptors (Lipinski definition) is 1. The van der Waals surface area contributed by atoms with Crippen LogP contribution in [0.15, 0.2) is 48.5 Å². The Hall–Kier alpha value is -1.87. The SMILES string of the molecule is Cc1ccc([C@H]2CCN(C(=S)Nc3cccc(C)c3)C2)cc1. The average Bonchev–Trinajstić information content (AvgIpc) is 2.98. The first-order valence-electron chi connectivity index (χ1n) is 7.81. The summed E-state index contributed by atoms with van der Waals surface area (Å²) in [6.45, 7) is 6.25. The van der Waals surface area contributed by atoms with Gasteiger partial charge in [0.2, 0.25) is 0 Å². The number of anilines is 1. The van der Waals surface area contributed by atoms with Crippen LogP contribution < -0.4 is 5.32 Å². The molecule has 2 aromatic rings. The second-order valence-corrected chi connectivity index (χ2v) is 6.53. The molecule has 114 valence electrons. The summed E-state index contributed by atoms with van der Waals surface area (Å²) in [4.78, 5) is 2.28. The summed E-state index contributed by atoms with van der Waals surface area (Å²) in [5, 5.41) is 4.20. The largest absolute Gasteiger partial charge is 0.348 e. The van der Waals surface area contributed by atoms with E-state index < -0.39 is 0 Å². The molecule has 1 aliphatic heterocycles. The summed E-state index contributed by atoms with van der Waals surface area (Å²) < 4.78 is 0. The molecule has 0 saturated carbocycles. The van der Waals surface area contributed by atoms with E-state index in [0.29, 0.717) is 5.92 Å². The molecule has 0 radical (unpaired) electrons. The van der Waals surface area contributed by atoms with E-state index in [1.807, 2.05) is 0 Å². The van der Waals surface area contributed by atoms with Crippen LogP contribution in [0.2, 0.25) is 0 Å². The standard InChI is InChI=1S/C19H22N2S/c1-14-6-8-16(9-7-14)17-10-11-21(13-17)19(22)20-18-5-3-4-15(2)12-18/h3-9,12,17H,10-11,13H2,1-2H3,(H,20,22)/t17-/m0/s1. The third-order valence-corrected chi connectivity index (χ3v) is 4.65. The number of benzene rings is 2. The van der Waals surface area contributed by atoms with Gasteiger partial charge in [-0.15, -0.1) is 0 Å². The molecule has 0 unspecified atom stereocenters. The molecule has 22 heavy (non-hydrogen) atoms. The molecule has 1 saturated heterocycles. The summed E-state index contributed by atoms with van der Waals surface area (Å²) in [5.74, 6) is 0.581. The lowest BCUT2D eigenvalue weighted by molar-refractivity contribution is 0.518. The van der Waals surface area contributed by atoms with Gasteiger partial charge in [0.05, 0.1) is 0 Å². The lowest BCUT2D eigenvalue weighted by Crippen LogP contribution is -2.32. The van der Waals surface area contributed by atoms with E-state index in [9.17, 15) is 0 Å². The maximum Gasteiger partial charge on any atom is 0.173 e.